The van der Waals surface area contributed by atoms with E-state index in [0.29, 0.717) is 6.07 Å². The van der Waals surface area contributed by atoms with Gasteiger partial charge in [0, 0.05) is 18.2 Å². The molecule has 2 aliphatic rings. The highest BCUT2D eigenvalue weighted by molar-refractivity contribution is 6.02. The number of pyridine rings is 1. The fourth-order valence-electron chi connectivity index (χ4n) is 3.67. The van der Waals surface area contributed by atoms with Crippen LogP contribution in [0.15, 0.2) is 23.0 Å². The van der Waals surface area contributed by atoms with E-state index in [9.17, 15) is 33.4 Å². The highest BCUT2D eigenvalue weighted by atomic mass is 19.1. The van der Waals surface area contributed by atoms with Crippen molar-refractivity contribution in [2.75, 3.05) is 6.61 Å². The number of benzene rings is 1. The average Bonchev–Trinajstić information content (AvgIpc) is 3.06. The maximum Gasteiger partial charge on any atom is 0.277 e. The Hall–Kier alpha value is -3.47. The van der Waals surface area contributed by atoms with E-state index in [0.717, 1.165) is 16.7 Å². The van der Waals surface area contributed by atoms with E-state index in [2.05, 4.69) is 5.32 Å². The number of carbonyl (C=O) groups is 2. The summed E-state index contributed by atoms with van der Waals surface area (Å²) in [6.45, 7) is 1.44. The van der Waals surface area contributed by atoms with Gasteiger partial charge in [0.25, 0.3) is 17.4 Å². The van der Waals surface area contributed by atoms with Gasteiger partial charge in [0.15, 0.2) is 29.0 Å². The number of nitrogens with zero attached hydrogens (tertiary/aromatic N) is 2. The van der Waals surface area contributed by atoms with Gasteiger partial charge in [0.05, 0.1) is 19.2 Å². The molecule has 0 saturated carbocycles. The zero-order chi connectivity index (χ0) is 21.7. The molecule has 2 amide bonds. The molecule has 158 valence electrons. The lowest BCUT2D eigenvalue weighted by Gasteiger charge is -2.33. The van der Waals surface area contributed by atoms with Crippen LogP contribution in [-0.4, -0.2) is 50.4 Å². The number of aromatic hydroxyl groups is 2. The minimum Gasteiger partial charge on any atom is -0.504 e. The molecule has 1 saturated heterocycles. The highest BCUT2D eigenvalue weighted by Crippen LogP contribution is 2.36. The Labute approximate surface area is 168 Å². The van der Waals surface area contributed by atoms with Crippen LogP contribution in [0, 0.1) is 11.6 Å². The van der Waals surface area contributed by atoms with Crippen molar-refractivity contribution in [3.8, 4) is 11.5 Å². The number of aromatic nitrogens is 1. The van der Waals surface area contributed by atoms with Gasteiger partial charge in [0.1, 0.15) is 11.6 Å². The number of carbonyl (C=O) groups excluding carboxylic acids is 2. The Kier molecular flexibility index (Phi) is 4.69. The predicted molar refractivity (Wildman–Crippen MR) is 96.9 cm³/mol. The molecule has 0 spiro atoms. The molecule has 3 heterocycles. The smallest absolute Gasteiger partial charge is 0.277 e. The molecule has 2 aromatic rings. The molecule has 0 unspecified atom stereocenters. The van der Waals surface area contributed by atoms with E-state index >= 15 is 0 Å². The fraction of sp³-hybridized carbons (Fsp3) is 0.316. The maximum absolute atomic E-state index is 13.7. The fourth-order valence-corrected chi connectivity index (χ4v) is 3.67. The summed E-state index contributed by atoms with van der Waals surface area (Å²) < 4.78 is 33.1. The van der Waals surface area contributed by atoms with Crippen molar-refractivity contribution in [1.29, 1.82) is 0 Å². The van der Waals surface area contributed by atoms with E-state index in [1.807, 2.05) is 0 Å². The van der Waals surface area contributed by atoms with E-state index in [-0.39, 0.29) is 24.8 Å². The van der Waals surface area contributed by atoms with Gasteiger partial charge in [-0.05, 0) is 13.0 Å². The molecule has 9 nitrogen and oxygen atoms in total. The first-order valence-electron chi connectivity index (χ1n) is 9.05. The van der Waals surface area contributed by atoms with Gasteiger partial charge in [-0.1, -0.05) is 6.07 Å². The molecular formula is C19H17F2N3O6. The Bertz CT molecular complexity index is 1130. The van der Waals surface area contributed by atoms with Gasteiger partial charge in [0.2, 0.25) is 0 Å². The first-order chi connectivity index (χ1) is 14.2. The van der Waals surface area contributed by atoms with Crippen LogP contribution in [-0.2, 0) is 17.8 Å². The van der Waals surface area contributed by atoms with Crippen LogP contribution in [0.3, 0.4) is 0 Å². The normalized spacial score (nSPS) is 20.1. The van der Waals surface area contributed by atoms with Crippen LogP contribution in [0.1, 0.15) is 33.3 Å². The van der Waals surface area contributed by atoms with Gasteiger partial charge in [-0.2, -0.15) is 0 Å². The standard InChI is InChI=1S/C19H17F2N3O6/c1-8-7-30-12-6-23-14(19(29)24(8)12)16(26)15(25)13(18(23)28)17(27)22-5-9-2-3-10(20)4-11(9)21/h2-4,8,12,25-26H,5-7H2,1H3,(H,22,27)/t8-,12+/m0/s1. The molecule has 0 bridgehead atoms. The van der Waals surface area contributed by atoms with Crippen molar-refractivity contribution in [2.45, 2.75) is 32.3 Å². The molecule has 30 heavy (non-hydrogen) atoms. The summed E-state index contributed by atoms with van der Waals surface area (Å²) in [5.41, 5.74) is -2.29. The Morgan fingerprint density at radius 3 is 2.70 bits per heavy atom. The van der Waals surface area contributed by atoms with E-state index in [4.69, 9.17) is 4.74 Å². The quantitative estimate of drug-likeness (QED) is 0.670. The Balaban J connectivity index is 1.68. The van der Waals surface area contributed by atoms with Crippen LogP contribution >= 0.6 is 0 Å². The zero-order valence-electron chi connectivity index (χ0n) is 15.7. The van der Waals surface area contributed by atoms with Crippen molar-refractivity contribution < 1.29 is 33.3 Å². The van der Waals surface area contributed by atoms with E-state index in [1.165, 1.54) is 4.90 Å². The summed E-state index contributed by atoms with van der Waals surface area (Å²) in [6.07, 6.45) is -0.745. The number of rotatable bonds is 3. The summed E-state index contributed by atoms with van der Waals surface area (Å²) in [7, 11) is 0. The Morgan fingerprint density at radius 1 is 1.27 bits per heavy atom. The number of amides is 2. The third-order valence-electron chi connectivity index (χ3n) is 5.19. The van der Waals surface area contributed by atoms with Gasteiger partial charge in [-0.3, -0.25) is 19.0 Å². The van der Waals surface area contributed by atoms with Crippen molar-refractivity contribution in [2.24, 2.45) is 0 Å². The second-order valence-electron chi connectivity index (χ2n) is 7.10. The van der Waals surface area contributed by atoms with Crippen LogP contribution in [0.2, 0.25) is 0 Å². The summed E-state index contributed by atoms with van der Waals surface area (Å²) in [5.74, 6) is -5.45. The molecule has 1 fully saturated rings. The molecule has 0 aliphatic carbocycles. The minimum atomic E-state index is -1.09. The molecule has 2 atom stereocenters. The lowest BCUT2D eigenvalue weighted by Crippen LogP contribution is -2.51. The second kappa shape index (κ2) is 7.10. The first-order valence-corrected chi connectivity index (χ1v) is 9.05. The number of fused-ring (bicyclic) bond motifs is 2. The first kappa shape index (κ1) is 19.8. The molecular weight excluding hydrogens is 404 g/mol. The van der Waals surface area contributed by atoms with Gasteiger partial charge >= 0.3 is 0 Å². The highest BCUT2D eigenvalue weighted by Gasteiger charge is 2.44. The average molecular weight is 421 g/mol. The summed E-state index contributed by atoms with van der Waals surface area (Å²) >= 11 is 0. The summed E-state index contributed by atoms with van der Waals surface area (Å²) in [6, 6.07) is 2.47. The summed E-state index contributed by atoms with van der Waals surface area (Å²) in [4.78, 5) is 39.5. The molecule has 3 N–H and O–H groups in total. The molecule has 0 radical (unpaired) electrons. The van der Waals surface area contributed by atoms with E-state index in [1.54, 1.807) is 6.92 Å². The van der Waals surface area contributed by atoms with Gasteiger partial charge < -0.3 is 25.2 Å². The molecule has 1 aromatic carbocycles. The predicted octanol–water partition coefficient (Wildman–Crippen LogP) is 0.668. The largest absolute Gasteiger partial charge is 0.504 e. The van der Waals surface area contributed by atoms with Gasteiger partial charge in [-0.25, -0.2) is 8.78 Å². The minimum absolute atomic E-state index is 0.0503. The third kappa shape index (κ3) is 2.98. The van der Waals surface area contributed by atoms with Crippen LogP contribution in [0.25, 0.3) is 0 Å². The van der Waals surface area contributed by atoms with Crippen LogP contribution in [0.4, 0.5) is 8.78 Å². The number of halogens is 2. The van der Waals surface area contributed by atoms with Gasteiger partial charge in [-0.15, -0.1) is 0 Å². The SMILES string of the molecule is C[C@H]1CO[C@@H]2Cn3c(c(O)c(O)c(C(=O)NCc4ccc(F)cc4F)c3=O)C(=O)N12. The third-order valence-corrected chi connectivity index (χ3v) is 5.19. The van der Waals surface area contributed by atoms with Crippen molar-refractivity contribution >= 4 is 11.8 Å². The second-order valence-corrected chi connectivity index (χ2v) is 7.10. The number of nitrogens with one attached hydrogen (secondary N) is 1. The number of hydrogen-bond acceptors (Lipinski definition) is 6. The molecule has 2 aliphatic heterocycles. The van der Waals surface area contributed by atoms with Crippen molar-refractivity contribution in [1.82, 2.24) is 14.8 Å². The van der Waals surface area contributed by atoms with Crippen LogP contribution in [0.5, 0.6) is 11.5 Å². The molecule has 11 heteroatoms. The molecule has 1 aromatic heterocycles. The summed E-state index contributed by atoms with van der Waals surface area (Å²) in [5, 5.41) is 22.9. The van der Waals surface area contributed by atoms with E-state index < -0.39 is 64.5 Å². The number of hydrogen-bond donors (Lipinski definition) is 3. The maximum atomic E-state index is 13.7. The molecule has 4 rings (SSSR count). The zero-order valence-corrected chi connectivity index (χ0v) is 15.7. The lowest BCUT2D eigenvalue weighted by molar-refractivity contribution is 0.00544. The number of ether oxygens (including phenoxy) is 1. The Morgan fingerprint density at radius 2 is 2.00 bits per heavy atom. The van der Waals surface area contributed by atoms with Crippen LogP contribution < -0.4 is 10.9 Å². The lowest BCUT2D eigenvalue weighted by atomic mass is 10.1. The monoisotopic (exact) mass is 421 g/mol. The van der Waals surface area contributed by atoms with Crippen molar-refractivity contribution in [3.63, 3.8) is 0 Å². The topological polar surface area (TPSA) is 121 Å². The van der Waals surface area contributed by atoms with Crippen molar-refractivity contribution in [3.05, 3.63) is 57.0 Å².